The number of carbonyl (C=O) groups is 4. The molecule has 3 amide bonds. The lowest BCUT2D eigenvalue weighted by molar-refractivity contribution is -0.153. The van der Waals surface area contributed by atoms with Crippen molar-refractivity contribution in [3.63, 3.8) is 0 Å². The van der Waals surface area contributed by atoms with Gasteiger partial charge in [-0.2, -0.15) is 0 Å². The van der Waals surface area contributed by atoms with Crippen LogP contribution in [0.25, 0.3) is 0 Å². The van der Waals surface area contributed by atoms with Gasteiger partial charge in [0.25, 0.3) is 0 Å². The molecule has 0 unspecified atom stereocenters. The van der Waals surface area contributed by atoms with E-state index in [0.29, 0.717) is 13.0 Å². The SMILES string of the molecule is COC(=O)[C@@H]1C[C@@]2(CCCCC2(C)C)CN1C(=O)[C@@H](NC(=O)[C@@H](NC(=O)OC(C)(C)C)C1CCCCC1)C(C)(C)C. The monoisotopic (exact) mass is 577 g/mol. The van der Waals surface area contributed by atoms with Crippen molar-refractivity contribution in [1.29, 1.82) is 0 Å². The summed E-state index contributed by atoms with van der Waals surface area (Å²) in [6.45, 7) is 16.0. The first kappa shape index (κ1) is 33.2. The van der Waals surface area contributed by atoms with Crippen molar-refractivity contribution in [3.8, 4) is 0 Å². The second-order valence-electron chi connectivity index (χ2n) is 15.4. The first-order chi connectivity index (χ1) is 18.9. The van der Waals surface area contributed by atoms with Crippen LogP contribution in [0, 0.1) is 22.2 Å². The molecule has 1 heterocycles. The fourth-order valence-electron chi connectivity index (χ4n) is 7.21. The van der Waals surface area contributed by atoms with E-state index in [1.165, 1.54) is 7.11 Å². The van der Waals surface area contributed by atoms with Gasteiger partial charge in [-0.3, -0.25) is 9.59 Å². The highest BCUT2D eigenvalue weighted by Gasteiger charge is 2.57. The van der Waals surface area contributed by atoms with Crippen LogP contribution in [-0.4, -0.2) is 66.2 Å². The highest BCUT2D eigenvalue weighted by atomic mass is 16.6. The van der Waals surface area contributed by atoms with E-state index in [4.69, 9.17) is 9.47 Å². The molecule has 0 aromatic carbocycles. The molecule has 1 aliphatic heterocycles. The van der Waals surface area contributed by atoms with Gasteiger partial charge in [0.1, 0.15) is 23.7 Å². The molecule has 0 bridgehead atoms. The molecule has 2 saturated carbocycles. The molecular weight excluding hydrogens is 522 g/mol. The zero-order chi connectivity index (χ0) is 30.8. The van der Waals surface area contributed by atoms with E-state index >= 15 is 0 Å². The largest absolute Gasteiger partial charge is 0.467 e. The van der Waals surface area contributed by atoms with Gasteiger partial charge in [0.15, 0.2) is 0 Å². The molecule has 41 heavy (non-hydrogen) atoms. The highest BCUT2D eigenvalue weighted by molar-refractivity contribution is 5.94. The molecular formula is C32H55N3O6. The number of ether oxygens (including phenoxy) is 2. The summed E-state index contributed by atoms with van der Waals surface area (Å²) in [5.41, 5.74) is -1.57. The lowest BCUT2D eigenvalue weighted by Gasteiger charge is -2.48. The average molecular weight is 578 g/mol. The lowest BCUT2D eigenvalue weighted by Crippen LogP contribution is -2.61. The zero-order valence-electron chi connectivity index (χ0n) is 27.0. The van der Waals surface area contributed by atoms with Crippen molar-refractivity contribution in [2.24, 2.45) is 22.2 Å². The lowest BCUT2D eigenvalue weighted by atomic mass is 9.57. The molecule has 1 saturated heterocycles. The summed E-state index contributed by atoms with van der Waals surface area (Å²) < 4.78 is 10.7. The van der Waals surface area contributed by atoms with Gasteiger partial charge in [-0.1, -0.05) is 66.7 Å². The summed E-state index contributed by atoms with van der Waals surface area (Å²) in [4.78, 5) is 55.8. The van der Waals surface area contributed by atoms with Crippen LogP contribution in [-0.2, 0) is 23.9 Å². The Morgan fingerprint density at radius 3 is 2.02 bits per heavy atom. The van der Waals surface area contributed by atoms with E-state index in [1.807, 2.05) is 20.8 Å². The maximum absolute atomic E-state index is 14.4. The number of nitrogens with zero attached hydrogens (tertiary/aromatic N) is 1. The molecule has 1 spiro atoms. The number of methoxy groups -OCH3 is 1. The predicted octanol–water partition coefficient (Wildman–Crippen LogP) is 5.35. The van der Waals surface area contributed by atoms with Crippen LogP contribution >= 0.6 is 0 Å². The van der Waals surface area contributed by atoms with E-state index in [-0.39, 0.29) is 22.7 Å². The van der Waals surface area contributed by atoms with Gasteiger partial charge in [0.05, 0.1) is 7.11 Å². The Morgan fingerprint density at radius 1 is 0.878 bits per heavy atom. The minimum atomic E-state index is -0.893. The number of hydrogen-bond acceptors (Lipinski definition) is 6. The van der Waals surface area contributed by atoms with Gasteiger partial charge in [-0.15, -0.1) is 0 Å². The molecule has 9 nitrogen and oxygen atoms in total. The van der Waals surface area contributed by atoms with Crippen molar-refractivity contribution in [1.82, 2.24) is 15.5 Å². The van der Waals surface area contributed by atoms with Crippen molar-refractivity contribution >= 4 is 23.9 Å². The van der Waals surface area contributed by atoms with Crippen LogP contribution in [0.5, 0.6) is 0 Å². The Bertz CT molecular complexity index is 975. The molecule has 0 aromatic heterocycles. The van der Waals surface area contributed by atoms with Crippen LogP contribution in [0.3, 0.4) is 0 Å². The Hall–Kier alpha value is -2.32. The predicted molar refractivity (Wildman–Crippen MR) is 158 cm³/mol. The molecule has 234 valence electrons. The summed E-state index contributed by atoms with van der Waals surface area (Å²) in [7, 11) is 1.36. The van der Waals surface area contributed by atoms with Crippen LogP contribution < -0.4 is 10.6 Å². The molecule has 2 aliphatic carbocycles. The number of nitrogens with one attached hydrogen (secondary N) is 2. The minimum Gasteiger partial charge on any atom is -0.467 e. The smallest absolute Gasteiger partial charge is 0.408 e. The molecule has 3 rings (SSSR count). The molecule has 4 atom stereocenters. The second-order valence-corrected chi connectivity index (χ2v) is 15.4. The van der Waals surface area contributed by atoms with Crippen LogP contribution in [0.15, 0.2) is 0 Å². The third kappa shape index (κ3) is 7.75. The van der Waals surface area contributed by atoms with Gasteiger partial charge in [-0.05, 0) is 75.0 Å². The molecule has 9 heteroatoms. The summed E-state index contributed by atoms with van der Waals surface area (Å²) in [5.74, 6) is -1.13. The number of amides is 3. The number of esters is 1. The normalized spacial score (nSPS) is 26.7. The summed E-state index contributed by atoms with van der Waals surface area (Å²) in [6.07, 6.45) is 8.82. The zero-order valence-corrected chi connectivity index (χ0v) is 27.0. The second kappa shape index (κ2) is 12.5. The Morgan fingerprint density at radius 2 is 1.49 bits per heavy atom. The molecule has 0 radical (unpaired) electrons. The van der Waals surface area contributed by atoms with E-state index in [0.717, 1.165) is 57.8 Å². The van der Waals surface area contributed by atoms with Gasteiger partial charge in [0.2, 0.25) is 11.8 Å². The number of carbonyl (C=O) groups excluding carboxylic acids is 4. The summed E-state index contributed by atoms with van der Waals surface area (Å²) >= 11 is 0. The topological polar surface area (TPSA) is 114 Å². The van der Waals surface area contributed by atoms with E-state index in [2.05, 4.69) is 24.5 Å². The third-order valence-electron chi connectivity index (χ3n) is 9.81. The van der Waals surface area contributed by atoms with Crippen LogP contribution in [0.1, 0.15) is 120 Å². The molecule has 0 aromatic rings. The number of hydrogen-bond donors (Lipinski definition) is 2. The maximum Gasteiger partial charge on any atom is 0.408 e. The van der Waals surface area contributed by atoms with Crippen molar-refractivity contribution in [2.75, 3.05) is 13.7 Å². The average Bonchev–Trinajstić information content (AvgIpc) is 3.27. The van der Waals surface area contributed by atoms with E-state index in [9.17, 15) is 19.2 Å². The Kier molecular flexibility index (Phi) is 10.1. The maximum atomic E-state index is 14.4. The quantitative estimate of drug-likeness (QED) is 0.412. The van der Waals surface area contributed by atoms with Crippen LogP contribution in [0.2, 0.25) is 0 Å². The Balaban J connectivity index is 1.90. The van der Waals surface area contributed by atoms with Crippen molar-refractivity contribution < 1.29 is 28.7 Å². The molecule has 2 N–H and O–H groups in total. The Labute approximate surface area is 247 Å². The molecule has 3 fully saturated rings. The fourth-order valence-corrected chi connectivity index (χ4v) is 7.21. The van der Waals surface area contributed by atoms with E-state index < -0.39 is 47.1 Å². The van der Waals surface area contributed by atoms with Gasteiger partial charge < -0.3 is 25.0 Å². The van der Waals surface area contributed by atoms with Crippen molar-refractivity contribution in [3.05, 3.63) is 0 Å². The first-order valence-corrected chi connectivity index (χ1v) is 15.6. The van der Waals surface area contributed by atoms with E-state index in [1.54, 1.807) is 25.7 Å². The van der Waals surface area contributed by atoms with Gasteiger partial charge in [0, 0.05) is 6.54 Å². The minimum absolute atomic E-state index is 0.0313. The summed E-state index contributed by atoms with van der Waals surface area (Å²) in [5, 5.41) is 5.87. The standard InChI is InChI=1S/C32H55N3O6/c1-29(2,3)24(34-25(36)23(21-15-11-10-12-16-21)33-28(39)41-30(4,5)6)26(37)35-20-32(19-22(35)27(38)40-9)18-14-13-17-31(32,7)8/h21-24H,10-20H2,1-9H3,(H,33,39)(H,34,36)/t22-,23-,24+,32-/m0/s1. The van der Waals surface area contributed by atoms with Gasteiger partial charge >= 0.3 is 12.1 Å². The fraction of sp³-hybridized carbons (Fsp3) is 0.875. The third-order valence-corrected chi connectivity index (χ3v) is 9.81. The number of alkyl carbamates (subject to hydrolysis) is 1. The number of rotatable bonds is 6. The molecule has 3 aliphatic rings. The van der Waals surface area contributed by atoms with Crippen LogP contribution in [0.4, 0.5) is 4.79 Å². The first-order valence-electron chi connectivity index (χ1n) is 15.6. The summed E-state index contributed by atoms with van der Waals surface area (Å²) in [6, 6.07) is -2.41. The number of likely N-dealkylation sites (tertiary alicyclic amines) is 1. The highest BCUT2D eigenvalue weighted by Crippen LogP contribution is 2.57. The van der Waals surface area contributed by atoms with Crippen molar-refractivity contribution in [2.45, 2.75) is 143 Å². The van der Waals surface area contributed by atoms with Gasteiger partial charge in [-0.25, -0.2) is 9.59 Å².